The summed E-state index contributed by atoms with van der Waals surface area (Å²) in [5.74, 6) is 0. The van der Waals surface area contributed by atoms with E-state index in [1.54, 1.807) is 25.1 Å². The van der Waals surface area contributed by atoms with Gasteiger partial charge in [0.2, 0.25) is 0 Å². The first-order chi connectivity index (χ1) is 11.3. The van der Waals surface area contributed by atoms with Crippen molar-refractivity contribution < 1.29 is 17.9 Å². The summed E-state index contributed by atoms with van der Waals surface area (Å²) in [6.45, 7) is 1.63. The first kappa shape index (κ1) is 18.9. The van der Waals surface area contributed by atoms with Crippen LogP contribution < -0.4 is 4.72 Å². The number of ether oxygens (including phenoxy) is 1. The molecular weight excluding hydrogens is 395 g/mol. The van der Waals surface area contributed by atoms with Crippen LogP contribution in [-0.2, 0) is 14.8 Å². The van der Waals surface area contributed by atoms with Gasteiger partial charge in [-0.15, -0.1) is 0 Å². The van der Waals surface area contributed by atoms with Crippen LogP contribution in [0.5, 0.6) is 0 Å². The van der Waals surface area contributed by atoms with Crippen molar-refractivity contribution in [2.75, 3.05) is 6.61 Å². The molecule has 10 heteroatoms. The molecule has 1 N–H and O–H groups in total. The molecule has 24 heavy (non-hydrogen) atoms. The van der Waals surface area contributed by atoms with Gasteiger partial charge in [-0.1, -0.05) is 35.0 Å². The van der Waals surface area contributed by atoms with E-state index in [1.807, 2.05) is 4.72 Å². The second-order valence-electron chi connectivity index (χ2n) is 4.33. The Hall–Kier alpha value is -1.48. The van der Waals surface area contributed by atoms with Crippen molar-refractivity contribution in [2.45, 2.75) is 21.6 Å². The van der Waals surface area contributed by atoms with Gasteiger partial charge in [0.05, 0.1) is 16.7 Å². The van der Waals surface area contributed by atoms with Crippen molar-refractivity contribution in [1.82, 2.24) is 9.71 Å². The molecule has 0 radical (unpaired) electrons. The Kier molecular flexibility index (Phi) is 6.34. The minimum atomic E-state index is -4.12. The van der Waals surface area contributed by atoms with Gasteiger partial charge in [0.25, 0.3) is 10.0 Å². The summed E-state index contributed by atoms with van der Waals surface area (Å²) in [6, 6.07) is 6.45. The monoisotopic (exact) mass is 406 g/mol. The zero-order valence-corrected chi connectivity index (χ0v) is 15.5. The number of sulfonamides is 1. The van der Waals surface area contributed by atoms with Crippen LogP contribution in [0.25, 0.3) is 0 Å². The van der Waals surface area contributed by atoms with Crippen LogP contribution in [0.15, 0.2) is 51.3 Å². The average Bonchev–Trinajstić information content (AvgIpc) is 2.51. The predicted octanol–water partition coefficient (Wildman–Crippen LogP) is 3.97. The van der Waals surface area contributed by atoms with Gasteiger partial charge in [-0.2, -0.15) is 0 Å². The summed E-state index contributed by atoms with van der Waals surface area (Å²) in [6.07, 6.45) is 1.55. The van der Waals surface area contributed by atoms with E-state index in [1.165, 1.54) is 12.3 Å². The molecule has 0 saturated heterocycles. The van der Waals surface area contributed by atoms with Crippen LogP contribution in [0.4, 0.5) is 4.79 Å². The van der Waals surface area contributed by atoms with Crippen LogP contribution in [0.3, 0.4) is 0 Å². The lowest BCUT2D eigenvalue weighted by Gasteiger charge is -2.11. The fourth-order valence-electron chi connectivity index (χ4n) is 1.65. The molecule has 6 nitrogen and oxygen atoms in total. The van der Waals surface area contributed by atoms with E-state index in [4.69, 9.17) is 23.2 Å². The summed E-state index contributed by atoms with van der Waals surface area (Å²) in [5, 5.41) is 0.748. The smallest absolute Gasteiger partial charge is 0.421 e. The van der Waals surface area contributed by atoms with Crippen LogP contribution >= 0.6 is 35.0 Å². The van der Waals surface area contributed by atoms with E-state index >= 15 is 0 Å². The SMILES string of the molecule is CCOC(=O)NS(=O)(=O)c1cnccc1Sc1ccc(Cl)c(Cl)c1. The Bertz CT molecular complexity index is 860. The van der Waals surface area contributed by atoms with E-state index in [9.17, 15) is 13.2 Å². The Morgan fingerprint density at radius 2 is 2.04 bits per heavy atom. The molecular formula is C14H12Cl2N2O4S2. The van der Waals surface area contributed by atoms with Crippen molar-refractivity contribution in [2.24, 2.45) is 0 Å². The number of carbonyl (C=O) groups is 1. The van der Waals surface area contributed by atoms with Gasteiger partial charge < -0.3 is 4.74 Å². The van der Waals surface area contributed by atoms with Crippen molar-refractivity contribution in [3.8, 4) is 0 Å². The maximum absolute atomic E-state index is 12.3. The second-order valence-corrected chi connectivity index (χ2v) is 7.91. The number of hydrogen-bond acceptors (Lipinski definition) is 6. The minimum Gasteiger partial charge on any atom is -0.449 e. The molecule has 0 unspecified atom stereocenters. The highest BCUT2D eigenvalue weighted by molar-refractivity contribution is 8.00. The molecule has 2 aromatic rings. The molecule has 1 aromatic carbocycles. The van der Waals surface area contributed by atoms with E-state index < -0.39 is 16.1 Å². The number of benzene rings is 1. The number of nitrogens with one attached hydrogen (secondary N) is 1. The minimum absolute atomic E-state index is 0.0548. The lowest BCUT2D eigenvalue weighted by Crippen LogP contribution is -2.31. The van der Waals surface area contributed by atoms with Gasteiger partial charge in [0.1, 0.15) is 4.90 Å². The fourth-order valence-corrected chi connectivity index (χ4v) is 4.23. The predicted molar refractivity (Wildman–Crippen MR) is 92.2 cm³/mol. The largest absolute Gasteiger partial charge is 0.449 e. The third-order valence-corrected chi connectivity index (χ3v) is 5.92. The van der Waals surface area contributed by atoms with E-state index in [-0.39, 0.29) is 11.5 Å². The summed E-state index contributed by atoms with van der Waals surface area (Å²) in [4.78, 5) is 16.1. The lowest BCUT2D eigenvalue weighted by molar-refractivity contribution is 0.158. The van der Waals surface area contributed by atoms with Gasteiger partial charge in [-0.05, 0) is 31.2 Å². The zero-order chi connectivity index (χ0) is 17.7. The fraction of sp³-hybridized carbons (Fsp3) is 0.143. The molecule has 2 rings (SSSR count). The van der Waals surface area contributed by atoms with Crippen molar-refractivity contribution in [3.63, 3.8) is 0 Å². The summed E-state index contributed by atoms with van der Waals surface area (Å²) >= 11 is 13.0. The third-order valence-electron chi connectivity index (χ3n) is 2.65. The number of amides is 1. The number of rotatable bonds is 5. The Labute approximate surface area is 153 Å². The van der Waals surface area contributed by atoms with Crippen LogP contribution in [-0.4, -0.2) is 26.1 Å². The van der Waals surface area contributed by atoms with E-state index in [0.29, 0.717) is 19.8 Å². The highest BCUT2D eigenvalue weighted by Crippen LogP contribution is 2.35. The molecule has 0 bridgehead atoms. The number of aromatic nitrogens is 1. The Morgan fingerprint density at radius 3 is 2.71 bits per heavy atom. The summed E-state index contributed by atoms with van der Waals surface area (Å²) in [5.41, 5.74) is 0. The van der Waals surface area contributed by atoms with Gasteiger partial charge in [-0.25, -0.2) is 17.9 Å². The highest BCUT2D eigenvalue weighted by Gasteiger charge is 2.22. The van der Waals surface area contributed by atoms with E-state index in [0.717, 1.165) is 18.0 Å². The Balaban J connectivity index is 2.33. The molecule has 1 amide bonds. The van der Waals surface area contributed by atoms with Gasteiger partial charge in [0, 0.05) is 22.2 Å². The molecule has 0 atom stereocenters. The standard InChI is InChI=1S/C14H12Cl2N2O4S2/c1-2-22-14(19)18-24(20,21)13-8-17-6-5-12(13)23-9-3-4-10(15)11(16)7-9/h3-8H,2H2,1H3,(H,18,19). The van der Waals surface area contributed by atoms with E-state index in [2.05, 4.69) is 9.72 Å². The van der Waals surface area contributed by atoms with Gasteiger partial charge >= 0.3 is 6.09 Å². The van der Waals surface area contributed by atoms with Crippen molar-refractivity contribution in [3.05, 3.63) is 46.7 Å². The lowest BCUT2D eigenvalue weighted by atomic mass is 10.4. The maximum atomic E-state index is 12.3. The number of pyridine rings is 1. The van der Waals surface area contributed by atoms with Crippen LogP contribution in [0.1, 0.15) is 6.92 Å². The Morgan fingerprint density at radius 1 is 1.29 bits per heavy atom. The zero-order valence-electron chi connectivity index (χ0n) is 12.3. The van der Waals surface area contributed by atoms with Crippen molar-refractivity contribution >= 4 is 51.1 Å². The molecule has 0 spiro atoms. The molecule has 0 aliphatic carbocycles. The third kappa shape index (κ3) is 4.76. The topological polar surface area (TPSA) is 85.4 Å². The average molecular weight is 407 g/mol. The number of halogens is 2. The van der Waals surface area contributed by atoms with Crippen molar-refractivity contribution in [1.29, 1.82) is 0 Å². The molecule has 0 saturated carbocycles. The van der Waals surface area contributed by atoms with Gasteiger partial charge in [0.15, 0.2) is 0 Å². The molecule has 128 valence electrons. The molecule has 0 aliphatic heterocycles. The first-order valence-electron chi connectivity index (χ1n) is 6.60. The maximum Gasteiger partial charge on any atom is 0.421 e. The molecule has 1 aromatic heterocycles. The quantitative estimate of drug-likeness (QED) is 0.807. The molecule has 1 heterocycles. The first-order valence-corrected chi connectivity index (χ1v) is 9.65. The van der Waals surface area contributed by atoms with Crippen LogP contribution in [0.2, 0.25) is 10.0 Å². The second kappa shape index (κ2) is 8.06. The molecule has 0 fully saturated rings. The summed E-state index contributed by atoms with van der Waals surface area (Å²) in [7, 11) is -4.12. The van der Waals surface area contributed by atoms with Gasteiger partial charge in [-0.3, -0.25) is 4.98 Å². The highest BCUT2D eigenvalue weighted by atomic mass is 35.5. The molecule has 0 aliphatic rings. The normalized spacial score (nSPS) is 11.1. The van der Waals surface area contributed by atoms with Crippen LogP contribution in [0, 0.1) is 0 Å². The number of nitrogens with zero attached hydrogens (tertiary/aromatic N) is 1. The summed E-state index contributed by atoms with van der Waals surface area (Å²) < 4.78 is 31.1. The number of carbonyl (C=O) groups excluding carboxylic acids is 1. The number of hydrogen-bond donors (Lipinski definition) is 1.